The van der Waals surface area contributed by atoms with Crippen molar-refractivity contribution >= 4 is 5.97 Å². The first-order valence-corrected chi connectivity index (χ1v) is 4.61. The van der Waals surface area contributed by atoms with Crippen LogP contribution in [0.5, 0.6) is 0 Å². The molecule has 1 unspecified atom stereocenters. The molecule has 0 saturated heterocycles. The van der Waals surface area contributed by atoms with Gasteiger partial charge >= 0.3 is 5.97 Å². The van der Waals surface area contributed by atoms with E-state index in [0.717, 1.165) is 25.7 Å². The molecule has 0 aromatic rings. The molecule has 0 heterocycles. The Morgan fingerprint density at radius 3 is 2.69 bits per heavy atom. The van der Waals surface area contributed by atoms with Crippen molar-refractivity contribution in [2.75, 3.05) is 6.61 Å². The number of carbonyl (C=O) groups is 1. The molecule has 3 nitrogen and oxygen atoms in total. The monoisotopic (exact) mass is 186 g/mol. The van der Waals surface area contributed by atoms with Crippen LogP contribution in [0.4, 0.5) is 0 Å². The zero-order valence-electron chi connectivity index (χ0n) is 8.16. The number of hydrogen-bond donors (Lipinski definition) is 1. The van der Waals surface area contributed by atoms with Gasteiger partial charge in [-0.2, -0.15) is 0 Å². The van der Waals surface area contributed by atoms with Gasteiger partial charge in [0.25, 0.3) is 0 Å². The van der Waals surface area contributed by atoms with Crippen LogP contribution in [0.15, 0.2) is 12.7 Å². The maximum atomic E-state index is 10.6. The standard InChI is InChI=1S/C10H18O3/c1-3-10(13-9(2)12)7-5-4-6-8-11/h3,10-11H,1,4-8H2,2H3. The lowest BCUT2D eigenvalue weighted by Gasteiger charge is -2.11. The van der Waals surface area contributed by atoms with E-state index in [1.54, 1.807) is 6.08 Å². The molecule has 1 N–H and O–H groups in total. The first-order valence-electron chi connectivity index (χ1n) is 4.61. The minimum Gasteiger partial charge on any atom is -0.458 e. The van der Waals surface area contributed by atoms with Gasteiger partial charge in [0.2, 0.25) is 0 Å². The maximum absolute atomic E-state index is 10.6. The van der Waals surface area contributed by atoms with Crippen molar-refractivity contribution in [1.82, 2.24) is 0 Å². The average molecular weight is 186 g/mol. The average Bonchev–Trinajstić information content (AvgIpc) is 2.09. The van der Waals surface area contributed by atoms with Crippen molar-refractivity contribution in [1.29, 1.82) is 0 Å². The van der Waals surface area contributed by atoms with E-state index in [4.69, 9.17) is 9.84 Å². The van der Waals surface area contributed by atoms with E-state index in [1.807, 2.05) is 0 Å². The second-order valence-electron chi connectivity index (χ2n) is 2.96. The van der Waals surface area contributed by atoms with E-state index in [9.17, 15) is 4.79 Å². The molecule has 0 aliphatic heterocycles. The van der Waals surface area contributed by atoms with Crippen molar-refractivity contribution in [2.24, 2.45) is 0 Å². The summed E-state index contributed by atoms with van der Waals surface area (Å²) < 4.78 is 4.96. The number of carbonyl (C=O) groups excluding carboxylic acids is 1. The molecule has 0 aliphatic carbocycles. The fourth-order valence-electron chi connectivity index (χ4n) is 1.07. The Balaban J connectivity index is 3.48. The quantitative estimate of drug-likeness (QED) is 0.373. The van der Waals surface area contributed by atoms with E-state index in [0.29, 0.717) is 0 Å². The number of rotatable bonds is 7. The lowest BCUT2D eigenvalue weighted by Crippen LogP contribution is -2.13. The van der Waals surface area contributed by atoms with Gasteiger partial charge in [0.05, 0.1) is 0 Å². The van der Waals surface area contributed by atoms with Crippen LogP contribution in [0.25, 0.3) is 0 Å². The van der Waals surface area contributed by atoms with Crippen molar-refractivity contribution in [3.8, 4) is 0 Å². The number of unbranched alkanes of at least 4 members (excludes halogenated alkanes) is 2. The Morgan fingerprint density at radius 2 is 2.23 bits per heavy atom. The summed E-state index contributed by atoms with van der Waals surface area (Å²) in [6, 6.07) is 0. The molecule has 0 fully saturated rings. The minimum atomic E-state index is -0.271. The smallest absolute Gasteiger partial charge is 0.303 e. The summed E-state index contributed by atoms with van der Waals surface area (Å²) in [5.41, 5.74) is 0. The molecule has 0 spiro atoms. The Bertz CT molecular complexity index is 154. The van der Waals surface area contributed by atoms with Crippen molar-refractivity contribution < 1.29 is 14.6 Å². The summed E-state index contributed by atoms with van der Waals surface area (Å²) in [6.45, 7) is 5.21. The van der Waals surface area contributed by atoms with Gasteiger partial charge in [0, 0.05) is 13.5 Å². The van der Waals surface area contributed by atoms with Gasteiger partial charge < -0.3 is 9.84 Å². The van der Waals surface area contributed by atoms with Crippen molar-refractivity contribution in [2.45, 2.75) is 38.7 Å². The highest BCUT2D eigenvalue weighted by Crippen LogP contribution is 2.07. The Morgan fingerprint density at radius 1 is 1.54 bits per heavy atom. The topological polar surface area (TPSA) is 46.5 Å². The predicted molar refractivity (Wildman–Crippen MR) is 51.3 cm³/mol. The molecular weight excluding hydrogens is 168 g/mol. The molecule has 0 aromatic heterocycles. The summed E-state index contributed by atoms with van der Waals surface area (Å²) in [5, 5.41) is 8.53. The van der Waals surface area contributed by atoms with Crippen molar-refractivity contribution in [3.63, 3.8) is 0 Å². The van der Waals surface area contributed by atoms with Crippen LogP contribution in [0.1, 0.15) is 32.6 Å². The molecule has 1 atom stereocenters. The highest BCUT2D eigenvalue weighted by Gasteiger charge is 2.06. The molecule has 13 heavy (non-hydrogen) atoms. The Labute approximate surface area is 79.4 Å². The fraction of sp³-hybridized carbons (Fsp3) is 0.700. The van der Waals surface area contributed by atoms with Crippen LogP contribution in [0, 0.1) is 0 Å². The second kappa shape index (κ2) is 7.80. The number of aliphatic hydroxyl groups is 1. The molecular formula is C10H18O3. The molecule has 0 aliphatic rings. The summed E-state index contributed by atoms with van der Waals surface area (Å²) in [6.07, 6.45) is 4.98. The van der Waals surface area contributed by atoms with Crippen LogP contribution in [-0.2, 0) is 9.53 Å². The number of esters is 1. The van der Waals surface area contributed by atoms with E-state index < -0.39 is 0 Å². The van der Waals surface area contributed by atoms with Crippen molar-refractivity contribution in [3.05, 3.63) is 12.7 Å². The fourth-order valence-corrected chi connectivity index (χ4v) is 1.07. The zero-order chi connectivity index (χ0) is 10.1. The highest BCUT2D eigenvalue weighted by molar-refractivity contribution is 5.66. The van der Waals surface area contributed by atoms with Gasteiger partial charge in [-0.1, -0.05) is 19.1 Å². The van der Waals surface area contributed by atoms with E-state index in [2.05, 4.69) is 6.58 Å². The first-order chi connectivity index (χ1) is 6.20. The lowest BCUT2D eigenvalue weighted by molar-refractivity contribution is -0.144. The van der Waals surface area contributed by atoms with Gasteiger partial charge in [0.1, 0.15) is 6.10 Å². The lowest BCUT2D eigenvalue weighted by atomic mass is 10.1. The summed E-state index contributed by atoms with van der Waals surface area (Å²) >= 11 is 0. The second-order valence-corrected chi connectivity index (χ2v) is 2.96. The van der Waals surface area contributed by atoms with Crippen LogP contribution in [0.3, 0.4) is 0 Å². The van der Waals surface area contributed by atoms with E-state index in [-0.39, 0.29) is 18.7 Å². The molecule has 0 rings (SSSR count). The highest BCUT2D eigenvalue weighted by atomic mass is 16.5. The number of ether oxygens (including phenoxy) is 1. The third kappa shape index (κ3) is 7.53. The van der Waals surface area contributed by atoms with Gasteiger partial charge in [-0.3, -0.25) is 4.79 Å². The summed E-state index contributed by atoms with van der Waals surface area (Å²) in [5.74, 6) is -0.271. The van der Waals surface area contributed by atoms with E-state index in [1.165, 1.54) is 6.92 Å². The minimum absolute atomic E-state index is 0.170. The predicted octanol–water partition coefficient (Wildman–Crippen LogP) is 1.66. The first kappa shape index (κ1) is 12.2. The molecule has 0 radical (unpaired) electrons. The number of aliphatic hydroxyl groups excluding tert-OH is 1. The van der Waals surface area contributed by atoms with Gasteiger partial charge in [-0.05, 0) is 19.3 Å². The van der Waals surface area contributed by atoms with Crippen LogP contribution >= 0.6 is 0 Å². The Hall–Kier alpha value is -0.830. The maximum Gasteiger partial charge on any atom is 0.303 e. The molecule has 0 amide bonds. The van der Waals surface area contributed by atoms with Gasteiger partial charge in [-0.15, -0.1) is 0 Å². The molecule has 0 saturated carbocycles. The normalized spacial score (nSPS) is 12.2. The largest absolute Gasteiger partial charge is 0.458 e. The molecule has 0 bridgehead atoms. The Kier molecular flexibility index (Phi) is 7.30. The van der Waals surface area contributed by atoms with Crippen LogP contribution in [0.2, 0.25) is 0 Å². The molecule has 3 heteroatoms. The number of hydrogen-bond acceptors (Lipinski definition) is 3. The zero-order valence-corrected chi connectivity index (χ0v) is 8.16. The SMILES string of the molecule is C=CC(CCCCCO)OC(C)=O. The van der Waals surface area contributed by atoms with Gasteiger partial charge in [-0.25, -0.2) is 0 Å². The molecule has 0 aromatic carbocycles. The molecule has 76 valence electrons. The third-order valence-electron chi connectivity index (χ3n) is 1.73. The summed E-state index contributed by atoms with van der Waals surface area (Å²) in [4.78, 5) is 10.6. The third-order valence-corrected chi connectivity index (χ3v) is 1.73. The van der Waals surface area contributed by atoms with Crippen LogP contribution in [-0.4, -0.2) is 23.8 Å². The summed E-state index contributed by atoms with van der Waals surface area (Å²) in [7, 11) is 0. The van der Waals surface area contributed by atoms with E-state index >= 15 is 0 Å². The van der Waals surface area contributed by atoms with Gasteiger partial charge in [0.15, 0.2) is 0 Å². The van der Waals surface area contributed by atoms with Crippen LogP contribution < -0.4 is 0 Å².